The number of anilines is 1. The van der Waals surface area contributed by atoms with Gasteiger partial charge < -0.3 is 11.1 Å². The van der Waals surface area contributed by atoms with Crippen LogP contribution in [0.3, 0.4) is 0 Å². The molecule has 2 rings (SSSR count). The lowest BCUT2D eigenvalue weighted by Crippen LogP contribution is -2.32. The molecule has 4 N–H and O–H groups in total. The van der Waals surface area contributed by atoms with Crippen molar-refractivity contribution >= 4 is 40.9 Å². The first-order chi connectivity index (χ1) is 11.0. The van der Waals surface area contributed by atoms with Crippen LogP contribution >= 0.6 is 12.2 Å². The largest absolute Gasteiger partial charge is 0.366 e. The second kappa shape index (κ2) is 7.86. The number of thiocarbonyl (C=S) groups is 1. The molecule has 0 aliphatic heterocycles. The number of hydrogen-bond donors (Lipinski definition) is 3. The molecule has 23 heavy (non-hydrogen) atoms. The van der Waals surface area contributed by atoms with Crippen LogP contribution in [0.1, 0.15) is 15.9 Å². The van der Waals surface area contributed by atoms with Crippen LogP contribution in [-0.4, -0.2) is 16.9 Å². The first kappa shape index (κ1) is 16.4. The minimum absolute atomic E-state index is 0.166. The number of hydrogen-bond acceptors (Lipinski definition) is 3. The molecular weight excluding hydrogens is 310 g/mol. The molecule has 0 aromatic heterocycles. The van der Waals surface area contributed by atoms with Gasteiger partial charge in [0.1, 0.15) is 0 Å². The molecule has 0 spiro atoms. The van der Waals surface area contributed by atoms with E-state index in [1.807, 2.05) is 30.3 Å². The minimum Gasteiger partial charge on any atom is -0.366 e. The van der Waals surface area contributed by atoms with E-state index in [2.05, 4.69) is 10.6 Å². The highest BCUT2D eigenvalue weighted by Gasteiger charge is 2.03. The van der Waals surface area contributed by atoms with Gasteiger partial charge in [0, 0.05) is 17.3 Å². The molecule has 116 valence electrons. The summed E-state index contributed by atoms with van der Waals surface area (Å²) in [5.41, 5.74) is 7.13. The van der Waals surface area contributed by atoms with E-state index in [1.165, 1.54) is 6.08 Å². The van der Waals surface area contributed by atoms with Crippen molar-refractivity contribution in [2.24, 2.45) is 5.73 Å². The second-order valence-corrected chi connectivity index (χ2v) is 5.04. The average Bonchev–Trinajstić information content (AvgIpc) is 2.54. The number of rotatable bonds is 4. The van der Waals surface area contributed by atoms with E-state index in [1.54, 1.807) is 30.3 Å². The molecule has 2 aromatic carbocycles. The first-order valence-corrected chi connectivity index (χ1v) is 7.20. The maximum absolute atomic E-state index is 11.8. The molecule has 0 heterocycles. The number of amides is 2. The Kier molecular flexibility index (Phi) is 5.60. The molecular formula is C17H15N3O2S. The average molecular weight is 325 g/mol. The van der Waals surface area contributed by atoms with Gasteiger partial charge in [0.25, 0.3) is 0 Å². The highest BCUT2D eigenvalue weighted by molar-refractivity contribution is 7.80. The third-order valence-electron chi connectivity index (χ3n) is 2.89. The zero-order valence-corrected chi connectivity index (χ0v) is 13.0. The summed E-state index contributed by atoms with van der Waals surface area (Å²) >= 11 is 5.06. The highest BCUT2D eigenvalue weighted by atomic mass is 32.1. The maximum Gasteiger partial charge on any atom is 0.250 e. The molecule has 0 aliphatic carbocycles. The molecule has 5 nitrogen and oxygen atoms in total. The van der Waals surface area contributed by atoms with E-state index in [4.69, 9.17) is 18.0 Å². The maximum atomic E-state index is 11.8. The molecule has 0 fully saturated rings. The molecule has 2 amide bonds. The van der Waals surface area contributed by atoms with E-state index in [0.717, 1.165) is 5.56 Å². The van der Waals surface area contributed by atoms with Gasteiger partial charge in [-0.25, -0.2) is 0 Å². The van der Waals surface area contributed by atoms with E-state index >= 15 is 0 Å². The van der Waals surface area contributed by atoms with Crippen LogP contribution in [0.15, 0.2) is 60.7 Å². The van der Waals surface area contributed by atoms with Crippen LogP contribution in [0.25, 0.3) is 6.08 Å². The first-order valence-electron chi connectivity index (χ1n) is 6.79. The molecule has 0 saturated heterocycles. The van der Waals surface area contributed by atoms with Crippen molar-refractivity contribution in [3.63, 3.8) is 0 Å². The van der Waals surface area contributed by atoms with Gasteiger partial charge in [-0.05, 0) is 48.1 Å². The van der Waals surface area contributed by atoms with Gasteiger partial charge in [-0.15, -0.1) is 0 Å². The van der Waals surface area contributed by atoms with Crippen LogP contribution in [-0.2, 0) is 4.79 Å². The van der Waals surface area contributed by atoms with Gasteiger partial charge in [0.15, 0.2) is 5.11 Å². The van der Waals surface area contributed by atoms with Crippen molar-refractivity contribution in [2.75, 3.05) is 5.32 Å². The van der Waals surface area contributed by atoms with Crippen LogP contribution in [0.4, 0.5) is 5.69 Å². The normalized spacial score (nSPS) is 10.3. The van der Waals surface area contributed by atoms with Gasteiger partial charge in [-0.1, -0.05) is 30.3 Å². The van der Waals surface area contributed by atoms with Crippen LogP contribution in [0.2, 0.25) is 0 Å². The third-order valence-corrected chi connectivity index (χ3v) is 3.09. The lowest BCUT2D eigenvalue weighted by Gasteiger charge is -2.08. The number of primary amides is 1. The fraction of sp³-hybridized carbons (Fsp3) is 0. The van der Waals surface area contributed by atoms with Gasteiger partial charge in [-0.2, -0.15) is 0 Å². The fourth-order valence-corrected chi connectivity index (χ4v) is 1.99. The molecule has 0 saturated carbocycles. The predicted molar refractivity (Wildman–Crippen MR) is 94.8 cm³/mol. The summed E-state index contributed by atoms with van der Waals surface area (Å²) in [5, 5.41) is 5.56. The number of nitrogens with two attached hydrogens (primary N) is 1. The molecule has 0 radical (unpaired) electrons. The Morgan fingerprint density at radius 1 is 1.00 bits per heavy atom. The SMILES string of the molecule is NC(=O)c1ccc(NC(=S)NC(=O)C=Cc2ccccc2)cc1. The topological polar surface area (TPSA) is 84.2 Å². The van der Waals surface area contributed by atoms with Crippen molar-refractivity contribution in [3.8, 4) is 0 Å². The Labute approximate surface area is 139 Å². The Hall–Kier alpha value is -2.99. The fourth-order valence-electron chi connectivity index (χ4n) is 1.77. The molecule has 6 heteroatoms. The molecule has 0 aliphatic rings. The van der Waals surface area contributed by atoms with Crippen LogP contribution in [0, 0.1) is 0 Å². The summed E-state index contributed by atoms with van der Waals surface area (Å²) in [6.07, 6.45) is 3.10. The number of carbonyl (C=O) groups is 2. The zero-order valence-electron chi connectivity index (χ0n) is 12.2. The quantitative estimate of drug-likeness (QED) is 0.595. The summed E-state index contributed by atoms with van der Waals surface area (Å²) < 4.78 is 0. The van der Waals surface area contributed by atoms with Gasteiger partial charge >= 0.3 is 0 Å². The van der Waals surface area contributed by atoms with Crippen LogP contribution < -0.4 is 16.4 Å². The smallest absolute Gasteiger partial charge is 0.250 e. The van der Waals surface area contributed by atoms with Crippen molar-refractivity contribution < 1.29 is 9.59 Å². The summed E-state index contributed by atoms with van der Waals surface area (Å²) in [6.45, 7) is 0. The number of carbonyl (C=O) groups excluding carboxylic acids is 2. The van der Waals surface area contributed by atoms with Crippen molar-refractivity contribution in [2.45, 2.75) is 0 Å². The van der Waals surface area contributed by atoms with E-state index in [-0.39, 0.29) is 11.0 Å². The number of benzene rings is 2. The van der Waals surface area contributed by atoms with Crippen molar-refractivity contribution in [3.05, 3.63) is 71.8 Å². The van der Waals surface area contributed by atoms with Crippen LogP contribution in [0.5, 0.6) is 0 Å². The second-order valence-electron chi connectivity index (χ2n) is 4.63. The van der Waals surface area contributed by atoms with Gasteiger partial charge in [0.05, 0.1) is 0 Å². The van der Waals surface area contributed by atoms with Gasteiger partial charge in [0.2, 0.25) is 11.8 Å². The highest BCUT2D eigenvalue weighted by Crippen LogP contribution is 2.09. The Balaban J connectivity index is 1.87. The summed E-state index contributed by atoms with van der Waals surface area (Å²) in [5.74, 6) is -0.835. The van der Waals surface area contributed by atoms with Crippen molar-refractivity contribution in [1.29, 1.82) is 0 Å². The Morgan fingerprint density at radius 2 is 1.65 bits per heavy atom. The Bertz CT molecular complexity index is 740. The lowest BCUT2D eigenvalue weighted by molar-refractivity contribution is -0.115. The van der Waals surface area contributed by atoms with E-state index in [9.17, 15) is 9.59 Å². The number of nitrogens with one attached hydrogen (secondary N) is 2. The standard InChI is InChI=1S/C17H15N3O2S/c18-16(22)13-7-9-14(10-8-13)19-17(23)20-15(21)11-6-12-4-2-1-3-5-12/h1-11H,(H2,18,22)(H2,19,20,21,23). The summed E-state index contributed by atoms with van der Waals surface area (Å²) in [7, 11) is 0. The molecule has 2 aromatic rings. The third kappa shape index (κ3) is 5.37. The molecule has 0 atom stereocenters. The Morgan fingerprint density at radius 3 is 2.26 bits per heavy atom. The lowest BCUT2D eigenvalue weighted by atomic mass is 10.2. The van der Waals surface area contributed by atoms with E-state index in [0.29, 0.717) is 11.3 Å². The van der Waals surface area contributed by atoms with Gasteiger partial charge in [-0.3, -0.25) is 14.9 Å². The summed E-state index contributed by atoms with van der Waals surface area (Å²) in [6, 6.07) is 15.9. The predicted octanol–water partition coefficient (Wildman–Crippen LogP) is 2.31. The zero-order chi connectivity index (χ0) is 16.7. The minimum atomic E-state index is -0.501. The van der Waals surface area contributed by atoms with E-state index < -0.39 is 5.91 Å². The molecule has 0 unspecified atom stereocenters. The monoisotopic (exact) mass is 325 g/mol. The summed E-state index contributed by atoms with van der Waals surface area (Å²) in [4.78, 5) is 22.8. The van der Waals surface area contributed by atoms with Crippen molar-refractivity contribution in [1.82, 2.24) is 5.32 Å². The molecule has 0 bridgehead atoms.